The summed E-state index contributed by atoms with van der Waals surface area (Å²) in [4.78, 5) is 0. The molecule has 2 N–H and O–H groups in total. The third-order valence-corrected chi connectivity index (χ3v) is 4.62. The van der Waals surface area contributed by atoms with Gasteiger partial charge in [0.1, 0.15) is 5.75 Å². The normalized spacial score (nSPS) is 12.4. The highest BCUT2D eigenvalue weighted by atomic mass is 32.2. The molecule has 1 rings (SSSR count). The van der Waals surface area contributed by atoms with Crippen LogP contribution in [-0.4, -0.2) is 20.8 Å². The van der Waals surface area contributed by atoms with E-state index in [0.29, 0.717) is 6.61 Å². The molecule has 0 heterocycles. The van der Waals surface area contributed by atoms with Crippen molar-refractivity contribution in [1.82, 2.24) is 0 Å². The van der Waals surface area contributed by atoms with Crippen LogP contribution in [0.4, 0.5) is 0 Å². The maximum atomic E-state index is 11.6. The van der Waals surface area contributed by atoms with Crippen LogP contribution in [0.3, 0.4) is 0 Å². The van der Waals surface area contributed by atoms with Gasteiger partial charge in [0.15, 0.2) is 0 Å². The Balaban J connectivity index is 2.89. The maximum Gasteiger partial charge on any atom is 0.209 e. The Morgan fingerprint density at radius 3 is 2.29 bits per heavy atom. The number of hydrogen-bond donors (Lipinski definition) is 1. The van der Waals surface area contributed by atoms with Crippen molar-refractivity contribution in [2.24, 2.45) is 10.6 Å². The summed E-state index contributed by atoms with van der Waals surface area (Å²) in [6.07, 6.45) is 3.41. The second-order valence-corrected chi connectivity index (χ2v) is 7.53. The molecule has 0 bridgehead atoms. The van der Waals surface area contributed by atoms with Crippen LogP contribution in [0.15, 0.2) is 24.3 Å². The standard InChI is InChI=1S/C16H27NO3S/c1-4-9-16(10-5-2,13-21(17,18)19)12-20-15-8-6-7-14(3)11-15/h6-8,11H,4-5,9-10,12-13H2,1-3H3,(H2,17,18,19). The van der Waals surface area contributed by atoms with Gasteiger partial charge < -0.3 is 4.74 Å². The van der Waals surface area contributed by atoms with Crippen molar-refractivity contribution < 1.29 is 13.2 Å². The van der Waals surface area contributed by atoms with E-state index in [2.05, 4.69) is 13.8 Å². The van der Waals surface area contributed by atoms with E-state index in [0.717, 1.165) is 37.0 Å². The third-order valence-electron chi connectivity index (χ3n) is 3.60. The van der Waals surface area contributed by atoms with Gasteiger partial charge in [0.25, 0.3) is 0 Å². The molecular weight excluding hydrogens is 286 g/mol. The van der Waals surface area contributed by atoms with Gasteiger partial charge in [0.05, 0.1) is 12.4 Å². The maximum absolute atomic E-state index is 11.6. The highest BCUT2D eigenvalue weighted by Crippen LogP contribution is 2.32. The molecule has 21 heavy (non-hydrogen) atoms. The van der Waals surface area contributed by atoms with Crippen molar-refractivity contribution in [3.63, 3.8) is 0 Å². The van der Waals surface area contributed by atoms with Crippen LogP contribution in [0.2, 0.25) is 0 Å². The number of aryl methyl sites for hydroxylation is 1. The second kappa shape index (κ2) is 7.80. The van der Waals surface area contributed by atoms with Gasteiger partial charge in [-0.3, -0.25) is 0 Å². The number of nitrogens with two attached hydrogens (primary N) is 1. The van der Waals surface area contributed by atoms with Gasteiger partial charge in [-0.05, 0) is 37.5 Å². The average Bonchev–Trinajstić information content (AvgIpc) is 2.35. The predicted octanol–water partition coefficient (Wildman–Crippen LogP) is 3.25. The first kappa shape index (κ1) is 18.0. The number of hydrogen-bond acceptors (Lipinski definition) is 3. The highest BCUT2D eigenvalue weighted by Gasteiger charge is 2.33. The summed E-state index contributed by atoms with van der Waals surface area (Å²) < 4.78 is 29.1. The highest BCUT2D eigenvalue weighted by molar-refractivity contribution is 7.89. The number of primary sulfonamides is 1. The van der Waals surface area contributed by atoms with E-state index < -0.39 is 15.4 Å². The monoisotopic (exact) mass is 313 g/mol. The Morgan fingerprint density at radius 1 is 1.19 bits per heavy atom. The summed E-state index contributed by atoms with van der Waals surface area (Å²) >= 11 is 0. The van der Waals surface area contributed by atoms with Crippen LogP contribution < -0.4 is 9.88 Å². The smallest absolute Gasteiger partial charge is 0.209 e. The second-order valence-electron chi connectivity index (χ2n) is 5.91. The molecule has 0 saturated heterocycles. The zero-order chi connectivity index (χ0) is 15.9. The van der Waals surface area contributed by atoms with Gasteiger partial charge in [0, 0.05) is 5.41 Å². The van der Waals surface area contributed by atoms with Crippen molar-refractivity contribution >= 4 is 10.0 Å². The van der Waals surface area contributed by atoms with Gasteiger partial charge in [0.2, 0.25) is 10.0 Å². The minimum absolute atomic E-state index is 0.0203. The first-order chi connectivity index (χ1) is 9.80. The summed E-state index contributed by atoms with van der Waals surface area (Å²) in [5, 5.41) is 5.29. The lowest BCUT2D eigenvalue weighted by Crippen LogP contribution is -2.38. The Labute approximate surface area is 128 Å². The van der Waals surface area contributed by atoms with Gasteiger partial charge in [-0.25, -0.2) is 13.6 Å². The largest absolute Gasteiger partial charge is 0.493 e. The fourth-order valence-corrected chi connectivity index (χ4v) is 4.11. The third kappa shape index (κ3) is 6.48. The molecule has 0 fully saturated rings. The van der Waals surface area contributed by atoms with Gasteiger partial charge in [-0.15, -0.1) is 0 Å². The first-order valence-corrected chi connectivity index (χ1v) is 9.22. The average molecular weight is 313 g/mol. The molecule has 0 saturated carbocycles. The lowest BCUT2D eigenvalue weighted by molar-refractivity contribution is 0.141. The van der Waals surface area contributed by atoms with Gasteiger partial charge >= 0.3 is 0 Å². The molecule has 120 valence electrons. The van der Waals surface area contributed by atoms with E-state index >= 15 is 0 Å². The van der Waals surface area contributed by atoms with Crippen LogP contribution in [0.5, 0.6) is 5.75 Å². The Hall–Kier alpha value is -1.07. The van der Waals surface area contributed by atoms with E-state index in [4.69, 9.17) is 9.88 Å². The molecule has 0 spiro atoms. The zero-order valence-corrected chi connectivity index (χ0v) is 14.1. The van der Waals surface area contributed by atoms with E-state index in [-0.39, 0.29) is 5.75 Å². The number of sulfonamides is 1. The fourth-order valence-electron chi connectivity index (χ4n) is 2.88. The molecule has 4 nitrogen and oxygen atoms in total. The molecule has 0 amide bonds. The molecule has 0 aromatic heterocycles. The molecule has 5 heteroatoms. The van der Waals surface area contributed by atoms with Crippen molar-refractivity contribution in [1.29, 1.82) is 0 Å². The quantitative estimate of drug-likeness (QED) is 0.761. The predicted molar refractivity (Wildman–Crippen MR) is 86.9 cm³/mol. The number of ether oxygens (including phenoxy) is 1. The molecule has 0 aliphatic heterocycles. The number of benzene rings is 1. The van der Waals surface area contributed by atoms with Crippen molar-refractivity contribution in [3.8, 4) is 5.75 Å². The van der Waals surface area contributed by atoms with Gasteiger partial charge in [-0.1, -0.05) is 38.8 Å². The molecule has 0 atom stereocenters. The Morgan fingerprint density at radius 2 is 1.81 bits per heavy atom. The topological polar surface area (TPSA) is 69.4 Å². The van der Waals surface area contributed by atoms with Crippen molar-refractivity contribution in [3.05, 3.63) is 29.8 Å². The fraction of sp³-hybridized carbons (Fsp3) is 0.625. The summed E-state index contributed by atoms with van der Waals surface area (Å²) in [6.45, 7) is 6.50. The van der Waals surface area contributed by atoms with Crippen LogP contribution in [0.25, 0.3) is 0 Å². The van der Waals surface area contributed by atoms with E-state index in [1.54, 1.807) is 0 Å². The SMILES string of the molecule is CCCC(CCC)(COc1cccc(C)c1)CS(N)(=O)=O. The molecule has 0 aliphatic rings. The zero-order valence-electron chi connectivity index (χ0n) is 13.3. The molecule has 1 aromatic carbocycles. The summed E-state index contributed by atoms with van der Waals surface area (Å²) in [5.74, 6) is 0.758. The van der Waals surface area contributed by atoms with Gasteiger partial charge in [-0.2, -0.15) is 0 Å². The lowest BCUT2D eigenvalue weighted by atomic mass is 9.82. The van der Waals surface area contributed by atoms with E-state index in [1.807, 2.05) is 31.2 Å². The lowest BCUT2D eigenvalue weighted by Gasteiger charge is -2.32. The Kier molecular flexibility index (Phi) is 6.68. The molecule has 0 aliphatic carbocycles. The summed E-state index contributed by atoms with van der Waals surface area (Å²) in [6, 6.07) is 7.79. The summed E-state index contributed by atoms with van der Waals surface area (Å²) in [7, 11) is -3.52. The van der Waals surface area contributed by atoms with E-state index in [1.165, 1.54) is 0 Å². The van der Waals surface area contributed by atoms with Crippen molar-refractivity contribution in [2.75, 3.05) is 12.4 Å². The minimum atomic E-state index is -3.52. The van der Waals surface area contributed by atoms with E-state index in [9.17, 15) is 8.42 Å². The Bertz CT molecular complexity index is 534. The minimum Gasteiger partial charge on any atom is -0.493 e. The molecule has 1 aromatic rings. The molecule has 0 unspecified atom stereocenters. The van der Waals surface area contributed by atoms with Crippen molar-refractivity contribution in [2.45, 2.75) is 46.5 Å². The van der Waals surface area contributed by atoms with Crippen LogP contribution >= 0.6 is 0 Å². The van der Waals surface area contributed by atoms with Crippen LogP contribution in [0, 0.1) is 12.3 Å². The summed E-state index contributed by atoms with van der Waals surface area (Å²) in [5.41, 5.74) is 0.719. The molecular formula is C16H27NO3S. The van der Waals surface area contributed by atoms with Crippen LogP contribution in [-0.2, 0) is 10.0 Å². The molecule has 0 radical (unpaired) electrons. The van der Waals surface area contributed by atoms with Crippen LogP contribution in [0.1, 0.15) is 45.1 Å². The first-order valence-electron chi connectivity index (χ1n) is 7.50. The number of rotatable bonds is 9.